The molecule has 0 fully saturated rings. The molecule has 0 saturated heterocycles. The molecule has 1 aromatic rings. The van der Waals surface area contributed by atoms with Crippen molar-refractivity contribution in [1.82, 2.24) is 0 Å². The summed E-state index contributed by atoms with van der Waals surface area (Å²) in [6.07, 6.45) is 3.51. The number of benzene rings is 1. The van der Waals surface area contributed by atoms with Gasteiger partial charge in [-0.3, -0.25) is 0 Å². The van der Waals surface area contributed by atoms with Crippen molar-refractivity contribution in [3.63, 3.8) is 0 Å². The fourth-order valence-electron chi connectivity index (χ4n) is 1.56. The summed E-state index contributed by atoms with van der Waals surface area (Å²) in [5.41, 5.74) is 2.78. The number of carbonyl (C=O) groups is 1. The molecular weight excluding hydrogens is 200 g/mol. The van der Waals surface area contributed by atoms with Crippen molar-refractivity contribution in [3.05, 3.63) is 47.5 Å². The topological polar surface area (TPSA) is 37.3 Å². The first-order valence-corrected chi connectivity index (χ1v) is 5.62. The zero-order valence-corrected chi connectivity index (χ0v) is 9.70. The number of aliphatic carboxylic acids is 1. The van der Waals surface area contributed by atoms with E-state index in [9.17, 15) is 4.79 Å². The maximum absolute atomic E-state index is 10.6. The summed E-state index contributed by atoms with van der Waals surface area (Å²) < 4.78 is 0. The molecule has 2 nitrogen and oxygen atoms in total. The third kappa shape index (κ3) is 3.89. The first-order valence-electron chi connectivity index (χ1n) is 5.62. The normalized spacial score (nSPS) is 10.1. The zero-order valence-electron chi connectivity index (χ0n) is 9.70. The Morgan fingerprint density at radius 1 is 1.19 bits per heavy atom. The number of aryl methyl sites for hydroxylation is 2. The van der Waals surface area contributed by atoms with E-state index >= 15 is 0 Å². The molecule has 0 atom stereocenters. The Bertz CT molecular complexity index is 363. The molecule has 1 aromatic carbocycles. The second kappa shape index (κ2) is 6.11. The molecule has 0 aromatic heterocycles. The van der Waals surface area contributed by atoms with Gasteiger partial charge in [0.2, 0.25) is 0 Å². The highest BCUT2D eigenvalue weighted by atomic mass is 16.4. The van der Waals surface area contributed by atoms with Crippen LogP contribution in [-0.4, -0.2) is 11.1 Å². The Morgan fingerprint density at radius 2 is 1.69 bits per heavy atom. The van der Waals surface area contributed by atoms with Crippen LogP contribution in [0.15, 0.2) is 36.4 Å². The molecule has 86 valence electrons. The lowest BCUT2D eigenvalue weighted by molar-refractivity contribution is -0.132. The highest BCUT2D eigenvalue weighted by Gasteiger charge is 2.03. The molecular formula is C14H18O2. The van der Waals surface area contributed by atoms with Gasteiger partial charge >= 0.3 is 5.97 Å². The largest absolute Gasteiger partial charge is 0.478 e. The quantitative estimate of drug-likeness (QED) is 0.744. The summed E-state index contributed by atoms with van der Waals surface area (Å²) in [6.45, 7) is 5.67. The Labute approximate surface area is 96.6 Å². The van der Waals surface area contributed by atoms with Crippen LogP contribution in [0.2, 0.25) is 0 Å². The standard InChI is InChI=1S/C14H18O2/c1-3-4-12-7-9-13(10-8-12)6-5-11(2)14(15)16/h7-10H,2-6H2,1H3,(H,15,16). The predicted octanol–water partition coefficient (Wildman–Crippen LogP) is 3.21. The van der Waals surface area contributed by atoms with Crippen LogP contribution in [-0.2, 0) is 17.6 Å². The van der Waals surface area contributed by atoms with Crippen molar-refractivity contribution in [2.24, 2.45) is 0 Å². The first kappa shape index (κ1) is 12.5. The molecule has 1 rings (SSSR count). The van der Waals surface area contributed by atoms with Gasteiger partial charge in [0, 0.05) is 5.57 Å². The number of carboxylic acid groups (broad SMARTS) is 1. The van der Waals surface area contributed by atoms with Crippen LogP contribution in [0.5, 0.6) is 0 Å². The summed E-state index contributed by atoms with van der Waals surface area (Å²) in [6, 6.07) is 8.37. The van der Waals surface area contributed by atoms with E-state index in [1.54, 1.807) is 0 Å². The Kier molecular flexibility index (Phi) is 4.77. The lowest BCUT2D eigenvalue weighted by atomic mass is 10.0. The number of hydrogen-bond donors (Lipinski definition) is 1. The monoisotopic (exact) mass is 218 g/mol. The van der Waals surface area contributed by atoms with Crippen molar-refractivity contribution in [3.8, 4) is 0 Å². The van der Waals surface area contributed by atoms with Gasteiger partial charge in [-0.25, -0.2) is 4.79 Å². The van der Waals surface area contributed by atoms with Crippen LogP contribution in [0, 0.1) is 0 Å². The van der Waals surface area contributed by atoms with Crippen molar-refractivity contribution < 1.29 is 9.90 Å². The SMILES string of the molecule is C=C(CCc1ccc(CCC)cc1)C(=O)O. The molecule has 0 aliphatic heterocycles. The Hall–Kier alpha value is -1.57. The van der Waals surface area contributed by atoms with Gasteiger partial charge in [0.05, 0.1) is 0 Å². The zero-order chi connectivity index (χ0) is 12.0. The van der Waals surface area contributed by atoms with Gasteiger partial charge in [-0.1, -0.05) is 44.2 Å². The summed E-state index contributed by atoms with van der Waals surface area (Å²) in [5, 5.41) is 8.67. The lowest BCUT2D eigenvalue weighted by Crippen LogP contribution is -2.00. The van der Waals surface area contributed by atoms with Crippen molar-refractivity contribution >= 4 is 5.97 Å². The molecule has 0 radical (unpaired) electrons. The van der Waals surface area contributed by atoms with E-state index in [1.165, 1.54) is 11.1 Å². The molecule has 0 spiro atoms. The van der Waals surface area contributed by atoms with Crippen LogP contribution in [0.25, 0.3) is 0 Å². The number of rotatable bonds is 6. The van der Waals surface area contributed by atoms with Crippen LogP contribution >= 0.6 is 0 Å². The molecule has 0 heterocycles. The minimum Gasteiger partial charge on any atom is -0.478 e. The molecule has 16 heavy (non-hydrogen) atoms. The maximum Gasteiger partial charge on any atom is 0.330 e. The molecule has 0 unspecified atom stereocenters. The molecule has 2 heteroatoms. The molecule has 0 amide bonds. The van der Waals surface area contributed by atoms with E-state index in [2.05, 4.69) is 37.8 Å². The first-order chi connectivity index (χ1) is 7.63. The third-order valence-electron chi connectivity index (χ3n) is 2.58. The number of carboxylic acids is 1. The minimum atomic E-state index is -0.900. The smallest absolute Gasteiger partial charge is 0.330 e. The predicted molar refractivity (Wildman–Crippen MR) is 65.5 cm³/mol. The van der Waals surface area contributed by atoms with Crippen molar-refractivity contribution in [1.29, 1.82) is 0 Å². The summed E-state index contributed by atoms with van der Waals surface area (Å²) in [7, 11) is 0. The van der Waals surface area contributed by atoms with Crippen molar-refractivity contribution in [2.75, 3.05) is 0 Å². The fraction of sp³-hybridized carbons (Fsp3) is 0.357. The molecule has 0 aliphatic carbocycles. The van der Waals surface area contributed by atoms with Crippen LogP contribution in [0.3, 0.4) is 0 Å². The lowest BCUT2D eigenvalue weighted by Gasteiger charge is -2.03. The fourth-order valence-corrected chi connectivity index (χ4v) is 1.56. The highest BCUT2D eigenvalue weighted by molar-refractivity contribution is 5.85. The van der Waals surface area contributed by atoms with E-state index in [-0.39, 0.29) is 5.57 Å². The van der Waals surface area contributed by atoms with Gasteiger partial charge in [0.1, 0.15) is 0 Å². The van der Waals surface area contributed by atoms with Crippen LogP contribution in [0.1, 0.15) is 30.9 Å². The Morgan fingerprint density at radius 3 is 2.12 bits per heavy atom. The van der Waals surface area contributed by atoms with Gasteiger partial charge in [-0.05, 0) is 30.4 Å². The Balaban J connectivity index is 2.49. The van der Waals surface area contributed by atoms with Gasteiger partial charge in [0.15, 0.2) is 0 Å². The van der Waals surface area contributed by atoms with Gasteiger partial charge in [-0.2, -0.15) is 0 Å². The summed E-state index contributed by atoms with van der Waals surface area (Å²) in [4.78, 5) is 10.6. The van der Waals surface area contributed by atoms with Gasteiger partial charge in [-0.15, -0.1) is 0 Å². The second-order valence-electron chi connectivity index (χ2n) is 3.98. The third-order valence-corrected chi connectivity index (χ3v) is 2.58. The van der Waals surface area contributed by atoms with E-state index < -0.39 is 5.97 Å². The molecule has 0 saturated carbocycles. The second-order valence-corrected chi connectivity index (χ2v) is 3.98. The van der Waals surface area contributed by atoms with E-state index in [0.717, 1.165) is 19.3 Å². The highest BCUT2D eigenvalue weighted by Crippen LogP contribution is 2.11. The average Bonchev–Trinajstić information content (AvgIpc) is 2.28. The minimum absolute atomic E-state index is 0.276. The average molecular weight is 218 g/mol. The van der Waals surface area contributed by atoms with Crippen molar-refractivity contribution in [2.45, 2.75) is 32.6 Å². The molecule has 0 aliphatic rings. The van der Waals surface area contributed by atoms with E-state index in [4.69, 9.17) is 5.11 Å². The van der Waals surface area contributed by atoms with E-state index in [0.29, 0.717) is 6.42 Å². The van der Waals surface area contributed by atoms with Gasteiger partial charge < -0.3 is 5.11 Å². The number of hydrogen-bond acceptors (Lipinski definition) is 1. The maximum atomic E-state index is 10.6. The van der Waals surface area contributed by atoms with Crippen LogP contribution < -0.4 is 0 Å². The summed E-state index contributed by atoms with van der Waals surface area (Å²) >= 11 is 0. The molecule has 1 N–H and O–H groups in total. The summed E-state index contributed by atoms with van der Waals surface area (Å²) in [5.74, 6) is -0.900. The van der Waals surface area contributed by atoms with E-state index in [1.807, 2.05) is 0 Å². The molecule has 0 bridgehead atoms. The van der Waals surface area contributed by atoms with Crippen LogP contribution in [0.4, 0.5) is 0 Å². The van der Waals surface area contributed by atoms with Gasteiger partial charge in [0.25, 0.3) is 0 Å².